The second kappa shape index (κ2) is 8.62. The van der Waals surface area contributed by atoms with Gasteiger partial charge in [0.25, 0.3) is 5.56 Å². The molecule has 0 saturated heterocycles. The first-order valence-electron chi connectivity index (χ1n) is 10.7. The first-order chi connectivity index (χ1) is 16.4. The summed E-state index contributed by atoms with van der Waals surface area (Å²) in [6.07, 6.45) is 1.90. The summed E-state index contributed by atoms with van der Waals surface area (Å²) < 4.78 is 38.6. The summed E-state index contributed by atoms with van der Waals surface area (Å²) in [6.45, 7) is -0.552. The third-order valence-electron chi connectivity index (χ3n) is 5.54. The first-order valence-corrected chi connectivity index (χ1v) is 10.7. The molecule has 0 aliphatic rings. The van der Waals surface area contributed by atoms with Crippen LogP contribution in [-0.2, 0) is 7.05 Å². The molecule has 0 N–H and O–H groups in total. The molecule has 0 aliphatic heterocycles. The summed E-state index contributed by atoms with van der Waals surface area (Å²) in [7, 11) is 1.85. The monoisotopic (exact) mass is 461 g/mol. The molecule has 0 bridgehead atoms. The van der Waals surface area contributed by atoms with Crippen LogP contribution in [0.15, 0.2) is 77.7 Å². The van der Waals surface area contributed by atoms with Crippen molar-refractivity contribution in [2.45, 2.75) is 13.5 Å². The van der Waals surface area contributed by atoms with E-state index in [2.05, 4.69) is 9.84 Å². The van der Waals surface area contributed by atoms with E-state index in [4.69, 9.17) is 4.74 Å². The lowest BCUT2D eigenvalue weighted by Gasteiger charge is -2.15. The van der Waals surface area contributed by atoms with Crippen LogP contribution in [0.2, 0.25) is 0 Å². The number of halogens is 2. The number of aromatic nitrogens is 3. The molecule has 0 atom stereocenters. The van der Waals surface area contributed by atoms with Crippen LogP contribution in [0.4, 0.5) is 8.78 Å². The van der Waals surface area contributed by atoms with Crippen LogP contribution in [0.5, 0.6) is 11.5 Å². The number of pyridine rings is 1. The summed E-state index contributed by atoms with van der Waals surface area (Å²) in [5.74, 6) is 0.648. The molecule has 0 radical (unpaired) electrons. The molecule has 0 amide bonds. The Kier molecular flexibility index (Phi) is 5.49. The number of hydrogen-bond acceptors (Lipinski definition) is 4. The Bertz CT molecular complexity index is 1560. The van der Waals surface area contributed by atoms with Crippen molar-refractivity contribution < 1.29 is 18.3 Å². The van der Waals surface area contributed by atoms with E-state index in [0.29, 0.717) is 29.1 Å². The van der Waals surface area contributed by atoms with Gasteiger partial charge in [-0.15, -0.1) is 0 Å². The minimum absolute atomic E-state index is 0.0179. The van der Waals surface area contributed by atoms with Crippen molar-refractivity contribution in [2.24, 2.45) is 7.05 Å². The Morgan fingerprint density at radius 2 is 1.71 bits per heavy atom. The zero-order valence-electron chi connectivity index (χ0n) is 18.5. The molecule has 0 unspecified atom stereocenters. The fourth-order valence-corrected chi connectivity index (χ4v) is 4.10. The SMILES string of the molecule is CCOc1ccc2cc(-c3ccc4nn(C)cc4c3)c(=O)n(-c3ccc(OC(F)F)cc3)c2c1. The van der Waals surface area contributed by atoms with Gasteiger partial charge >= 0.3 is 6.61 Å². The maximum absolute atomic E-state index is 13.8. The zero-order chi connectivity index (χ0) is 23.8. The number of fused-ring (bicyclic) bond motifs is 2. The molecule has 0 saturated carbocycles. The van der Waals surface area contributed by atoms with Crippen molar-refractivity contribution in [3.05, 3.63) is 83.3 Å². The highest BCUT2D eigenvalue weighted by Crippen LogP contribution is 2.29. The molecule has 34 heavy (non-hydrogen) atoms. The zero-order valence-corrected chi connectivity index (χ0v) is 18.5. The van der Waals surface area contributed by atoms with Gasteiger partial charge in [0.2, 0.25) is 0 Å². The second-order valence-electron chi connectivity index (χ2n) is 7.80. The summed E-state index contributed by atoms with van der Waals surface area (Å²) in [4.78, 5) is 13.8. The molecule has 5 aromatic rings. The standard InChI is InChI=1S/C26H21F2N3O3/c1-3-33-21-8-4-17-13-22(16-5-11-23-18(12-16)15-30(2)29-23)25(32)31(24(17)14-21)19-6-9-20(10-7-19)34-26(27)28/h4-15,26H,3H2,1-2H3. The number of nitrogens with zero attached hydrogens (tertiary/aromatic N) is 3. The summed E-state index contributed by atoms with van der Waals surface area (Å²) in [5, 5.41) is 6.15. The molecule has 172 valence electrons. The Morgan fingerprint density at radius 3 is 2.44 bits per heavy atom. The molecule has 2 aromatic heterocycles. The van der Waals surface area contributed by atoms with E-state index < -0.39 is 6.61 Å². The maximum atomic E-state index is 13.8. The van der Waals surface area contributed by atoms with Gasteiger partial charge in [0, 0.05) is 35.9 Å². The van der Waals surface area contributed by atoms with E-state index in [9.17, 15) is 13.6 Å². The highest BCUT2D eigenvalue weighted by molar-refractivity contribution is 5.89. The molecular formula is C26H21F2N3O3. The Balaban J connectivity index is 1.74. The molecule has 0 spiro atoms. The van der Waals surface area contributed by atoms with E-state index in [1.54, 1.807) is 27.4 Å². The van der Waals surface area contributed by atoms with Crippen LogP contribution >= 0.6 is 0 Å². The number of hydrogen-bond donors (Lipinski definition) is 0. The smallest absolute Gasteiger partial charge is 0.387 e. The van der Waals surface area contributed by atoms with Gasteiger partial charge in [-0.05, 0) is 72.5 Å². The predicted molar refractivity (Wildman–Crippen MR) is 127 cm³/mol. The molecule has 2 heterocycles. The quantitative estimate of drug-likeness (QED) is 0.333. The lowest BCUT2D eigenvalue weighted by atomic mass is 10.0. The van der Waals surface area contributed by atoms with Gasteiger partial charge in [0.1, 0.15) is 11.5 Å². The third kappa shape index (κ3) is 3.98. The molecule has 3 aromatic carbocycles. The molecule has 5 rings (SSSR count). The van der Waals surface area contributed by atoms with Gasteiger partial charge in [-0.3, -0.25) is 14.0 Å². The van der Waals surface area contributed by atoms with Gasteiger partial charge in [-0.2, -0.15) is 13.9 Å². The van der Waals surface area contributed by atoms with E-state index in [1.807, 2.05) is 56.6 Å². The Morgan fingerprint density at radius 1 is 0.941 bits per heavy atom. The van der Waals surface area contributed by atoms with Gasteiger partial charge in [0.05, 0.1) is 17.6 Å². The lowest BCUT2D eigenvalue weighted by molar-refractivity contribution is -0.0498. The molecular weight excluding hydrogens is 440 g/mol. The van der Waals surface area contributed by atoms with E-state index >= 15 is 0 Å². The van der Waals surface area contributed by atoms with Crippen LogP contribution in [0.1, 0.15) is 6.92 Å². The number of alkyl halides is 2. The van der Waals surface area contributed by atoms with Crippen LogP contribution in [0.3, 0.4) is 0 Å². The molecule has 6 nitrogen and oxygen atoms in total. The lowest BCUT2D eigenvalue weighted by Crippen LogP contribution is -2.20. The van der Waals surface area contributed by atoms with E-state index in [1.165, 1.54) is 12.1 Å². The average molecular weight is 461 g/mol. The minimum atomic E-state index is -2.92. The van der Waals surface area contributed by atoms with Crippen LogP contribution < -0.4 is 15.0 Å². The molecule has 0 fully saturated rings. The van der Waals surface area contributed by atoms with Crippen LogP contribution in [-0.4, -0.2) is 27.6 Å². The highest BCUT2D eigenvalue weighted by Gasteiger charge is 2.15. The second-order valence-corrected chi connectivity index (χ2v) is 7.80. The van der Waals surface area contributed by atoms with E-state index in [-0.39, 0.29) is 11.3 Å². The first kappa shape index (κ1) is 21.6. The summed E-state index contributed by atoms with van der Waals surface area (Å²) in [5.41, 5.74) is 3.03. The van der Waals surface area contributed by atoms with Crippen molar-refractivity contribution in [2.75, 3.05) is 6.61 Å². The number of ether oxygens (including phenoxy) is 2. The maximum Gasteiger partial charge on any atom is 0.387 e. The summed E-state index contributed by atoms with van der Waals surface area (Å²) >= 11 is 0. The van der Waals surface area contributed by atoms with E-state index in [0.717, 1.165) is 21.9 Å². The highest BCUT2D eigenvalue weighted by atomic mass is 19.3. The predicted octanol–water partition coefficient (Wildman–Crippen LogP) is 5.54. The Hall–Kier alpha value is -4.20. The van der Waals surface area contributed by atoms with Gasteiger partial charge in [0.15, 0.2) is 0 Å². The number of rotatable bonds is 6. The fourth-order valence-electron chi connectivity index (χ4n) is 4.10. The van der Waals surface area contributed by atoms with Crippen molar-refractivity contribution in [3.63, 3.8) is 0 Å². The van der Waals surface area contributed by atoms with Gasteiger partial charge in [-0.25, -0.2) is 0 Å². The molecule has 8 heteroatoms. The molecule has 0 aliphatic carbocycles. The number of benzene rings is 3. The Labute approximate surface area is 193 Å². The van der Waals surface area contributed by atoms with Crippen molar-refractivity contribution in [1.82, 2.24) is 14.3 Å². The van der Waals surface area contributed by atoms with Crippen molar-refractivity contribution in [3.8, 4) is 28.3 Å². The van der Waals surface area contributed by atoms with Crippen molar-refractivity contribution >= 4 is 21.8 Å². The number of aryl methyl sites for hydroxylation is 1. The van der Waals surface area contributed by atoms with Crippen molar-refractivity contribution in [1.29, 1.82) is 0 Å². The largest absolute Gasteiger partial charge is 0.494 e. The third-order valence-corrected chi connectivity index (χ3v) is 5.54. The van der Waals surface area contributed by atoms with Gasteiger partial charge < -0.3 is 9.47 Å². The summed E-state index contributed by atoms with van der Waals surface area (Å²) in [6, 6.07) is 19.1. The topological polar surface area (TPSA) is 58.3 Å². The minimum Gasteiger partial charge on any atom is -0.494 e. The fraction of sp³-hybridized carbons (Fsp3) is 0.154. The average Bonchev–Trinajstić information content (AvgIpc) is 3.18. The van der Waals surface area contributed by atoms with Crippen LogP contribution in [0.25, 0.3) is 38.6 Å². The normalized spacial score (nSPS) is 11.4. The van der Waals surface area contributed by atoms with Crippen LogP contribution in [0, 0.1) is 0 Å². The van der Waals surface area contributed by atoms with Gasteiger partial charge in [-0.1, -0.05) is 6.07 Å².